The minimum Gasteiger partial charge on any atom is -0.467 e. The molecule has 0 spiro atoms. The van der Waals surface area contributed by atoms with Crippen molar-refractivity contribution < 1.29 is 41.3 Å². The summed E-state index contributed by atoms with van der Waals surface area (Å²) >= 11 is 3.28. The molecule has 0 radical (unpaired) electrons. The summed E-state index contributed by atoms with van der Waals surface area (Å²) < 4.78 is 43.2. The molecule has 2 unspecified atom stereocenters. The van der Waals surface area contributed by atoms with Gasteiger partial charge < -0.3 is 25.0 Å². The van der Waals surface area contributed by atoms with E-state index in [2.05, 4.69) is 26.6 Å². The molecule has 14 heteroatoms. The van der Waals surface area contributed by atoms with Crippen LogP contribution < -0.4 is 10.6 Å². The van der Waals surface area contributed by atoms with Crippen LogP contribution in [0.4, 0.5) is 4.79 Å². The van der Waals surface area contributed by atoms with Gasteiger partial charge in [0.1, 0.15) is 23.7 Å². The summed E-state index contributed by atoms with van der Waals surface area (Å²) in [7, 11) is -3.00. The number of carbonyl (C=O) groups excluding carboxylic acids is 4. The Kier molecular flexibility index (Phi) is 9.33. The number of methoxy groups -OCH3 is 1. The summed E-state index contributed by atoms with van der Waals surface area (Å²) in [6, 6.07) is 3.63. The van der Waals surface area contributed by atoms with E-state index in [0.717, 1.165) is 12.8 Å². The molecular formula is C31H42BrN3O9S. The second-order valence-corrected chi connectivity index (χ2v) is 16.3. The maximum Gasteiger partial charge on any atom is 0.408 e. The number of halogens is 1. The number of amides is 3. The van der Waals surface area contributed by atoms with Gasteiger partial charge >= 0.3 is 12.1 Å². The number of benzene rings is 1. The number of esters is 1. The third-order valence-electron chi connectivity index (χ3n) is 9.56. The van der Waals surface area contributed by atoms with Crippen LogP contribution in [0, 0.1) is 23.2 Å². The van der Waals surface area contributed by atoms with Crippen LogP contribution in [0.5, 0.6) is 0 Å². The van der Waals surface area contributed by atoms with Gasteiger partial charge in [0, 0.05) is 17.4 Å². The molecule has 12 nitrogen and oxygen atoms in total. The highest BCUT2D eigenvalue weighted by Gasteiger charge is 2.62. The quantitative estimate of drug-likeness (QED) is 0.274. The molecule has 1 aromatic rings. The largest absolute Gasteiger partial charge is 0.467 e. The summed E-state index contributed by atoms with van der Waals surface area (Å²) in [5.74, 6) is -0.725. The average molecular weight is 713 g/mol. The van der Waals surface area contributed by atoms with E-state index >= 15 is 0 Å². The Morgan fingerprint density at radius 3 is 2.24 bits per heavy atom. The SMILES string of the molecule is CCC1C[C@]1(NC(=O)[C@@H]1C[C@H](OS(=O)(=O)c2ccc(Br)cc2)CN1C(=O)[C@@H](NC(=O)OC1C[C@@H]2C[C@@H]2C1)C(C)(C)C)C(=O)OC. The average Bonchev–Trinajstić information content (AvgIpc) is 3.78. The molecular weight excluding hydrogens is 670 g/mol. The van der Waals surface area contributed by atoms with Crippen LogP contribution in [0.2, 0.25) is 0 Å². The molecule has 0 bridgehead atoms. The number of hydrogen-bond donors (Lipinski definition) is 2. The molecule has 4 fully saturated rings. The van der Waals surface area contributed by atoms with Crippen LogP contribution in [-0.4, -0.2) is 80.7 Å². The number of likely N-dealkylation sites (tertiary alicyclic amines) is 1. The van der Waals surface area contributed by atoms with Gasteiger partial charge in [-0.15, -0.1) is 0 Å². The predicted molar refractivity (Wildman–Crippen MR) is 165 cm³/mol. The van der Waals surface area contributed by atoms with Crippen molar-refractivity contribution in [1.29, 1.82) is 0 Å². The van der Waals surface area contributed by atoms with Crippen molar-refractivity contribution in [2.24, 2.45) is 23.2 Å². The van der Waals surface area contributed by atoms with Crippen molar-refractivity contribution >= 4 is 49.9 Å². The fourth-order valence-corrected chi connectivity index (χ4v) is 8.17. The fourth-order valence-electron chi connectivity index (χ4n) is 6.83. The topological polar surface area (TPSA) is 157 Å². The van der Waals surface area contributed by atoms with Gasteiger partial charge in [-0.25, -0.2) is 9.59 Å². The van der Waals surface area contributed by atoms with Crippen LogP contribution in [0.25, 0.3) is 0 Å². The number of ether oxygens (including phenoxy) is 2. The molecule has 0 aromatic heterocycles. The third-order valence-corrected chi connectivity index (χ3v) is 11.5. The number of nitrogens with zero attached hydrogens (tertiary/aromatic N) is 1. The molecule has 1 heterocycles. The molecule has 3 saturated carbocycles. The second-order valence-electron chi connectivity index (χ2n) is 13.8. The van der Waals surface area contributed by atoms with Crippen molar-refractivity contribution in [1.82, 2.24) is 15.5 Å². The third kappa shape index (κ3) is 7.17. The van der Waals surface area contributed by atoms with Crippen LogP contribution >= 0.6 is 15.9 Å². The molecule has 5 rings (SSSR count). The second kappa shape index (κ2) is 12.5. The van der Waals surface area contributed by atoms with Crippen molar-refractivity contribution in [3.8, 4) is 0 Å². The summed E-state index contributed by atoms with van der Waals surface area (Å²) in [6.07, 6.45) is 1.69. The van der Waals surface area contributed by atoms with E-state index in [1.165, 1.54) is 30.6 Å². The van der Waals surface area contributed by atoms with Gasteiger partial charge in [0.2, 0.25) is 11.8 Å². The lowest BCUT2D eigenvalue weighted by Gasteiger charge is -2.35. The molecule has 8 atom stereocenters. The highest BCUT2D eigenvalue weighted by Crippen LogP contribution is 2.52. The van der Waals surface area contributed by atoms with Gasteiger partial charge in [-0.05, 0) is 73.1 Å². The van der Waals surface area contributed by atoms with Crippen LogP contribution in [-0.2, 0) is 38.2 Å². The van der Waals surface area contributed by atoms with E-state index in [4.69, 9.17) is 13.7 Å². The lowest BCUT2D eigenvalue weighted by Crippen LogP contribution is -2.59. The Morgan fingerprint density at radius 2 is 1.69 bits per heavy atom. The van der Waals surface area contributed by atoms with E-state index in [0.29, 0.717) is 29.2 Å². The normalized spacial score (nSPS) is 31.0. The van der Waals surface area contributed by atoms with Crippen LogP contribution in [0.1, 0.15) is 66.2 Å². The monoisotopic (exact) mass is 711 g/mol. The van der Waals surface area contributed by atoms with Crippen molar-refractivity contribution in [2.45, 2.75) is 101 Å². The maximum atomic E-state index is 14.2. The van der Waals surface area contributed by atoms with Crippen molar-refractivity contribution in [2.75, 3.05) is 13.7 Å². The van der Waals surface area contributed by atoms with E-state index in [1.54, 1.807) is 32.9 Å². The van der Waals surface area contributed by atoms with Gasteiger partial charge in [0.15, 0.2) is 0 Å². The lowest BCUT2D eigenvalue weighted by molar-refractivity contribution is -0.148. The summed E-state index contributed by atoms with van der Waals surface area (Å²) in [5.41, 5.74) is -2.01. The molecule has 1 aliphatic heterocycles. The number of carbonyl (C=O) groups is 4. The Labute approximate surface area is 272 Å². The van der Waals surface area contributed by atoms with Gasteiger partial charge in [-0.1, -0.05) is 50.0 Å². The van der Waals surface area contributed by atoms with Gasteiger partial charge in [0.05, 0.1) is 18.1 Å². The smallest absolute Gasteiger partial charge is 0.408 e. The molecule has 3 aliphatic carbocycles. The van der Waals surface area contributed by atoms with E-state index in [-0.39, 0.29) is 29.9 Å². The van der Waals surface area contributed by atoms with Crippen LogP contribution in [0.15, 0.2) is 33.6 Å². The summed E-state index contributed by atoms with van der Waals surface area (Å²) in [6.45, 7) is 7.00. The first-order valence-electron chi connectivity index (χ1n) is 15.4. The lowest BCUT2D eigenvalue weighted by atomic mass is 9.85. The molecule has 1 saturated heterocycles. The number of hydrogen-bond acceptors (Lipinski definition) is 9. The zero-order chi connectivity index (χ0) is 32.9. The number of nitrogens with one attached hydrogen (secondary N) is 2. The van der Waals surface area contributed by atoms with Gasteiger partial charge in [0.25, 0.3) is 10.1 Å². The van der Waals surface area contributed by atoms with E-state index in [1.807, 2.05) is 6.92 Å². The molecule has 2 N–H and O–H groups in total. The summed E-state index contributed by atoms with van der Waals surface area (Å²) in [5, 5.41) is 5.54. The van der Waals surface area contributed by atoms with Gasteiger partial charge in [-0.3, -0.25) is 13.8 Å². The highest BCUT2D eigenvalue weighted by atomic mass is 79.9. The Balaban J connectivity index is 1.37. The van der Waals surface area contributed by atoms with Gasteiger partial charge in [-0.2, -0.15) is 8.42 Å². The number of alkyl carbamates (subject to hydrolysis) is 1. The standard InChI is InChI=1S/C31H42BrN3O9S/c1-6-19-15-31(19,28(38)42-5)34-26(36)24-14-22(44-45(40,41)23-9-7-20(32)8-10-23)16-35(24)27(37)25(30(2,3)4)33-29(39)43-21-12-17-11-18(17)13-21/h7-10,17-19,21-22,24-25H,6,11-16H2,1-5H3,(H,33,39)(H,34,36)/t17-,18+,19?,21?,22-,24-,25+,31+/m0/s1. The van der Waals surface area contributed by atoms with E-state index in [9.17, 15) is 27.6 Å². The van der Waals surface area contributed by atoms with Crippen LogP contribution in [0.3, 0.4) is 0 Å². The number of rotatable bonds is 10. The Hall–Kier alpha value is -2.71. The fraction of sp³-hybridized carbons (Fsp3) is 0.677. The number of fused-ring (bicyclic) bond motifs is 1. The molecule has 3 amide bonds. The Bertz CT molecular complexity index is 1440. The van der Waals surface area contributed by atoms with E-state index < -0.39 is 63.1 Å². The zero-order valence-electron chi connectivity index (χ0n) is 26.2. The first kappa shape index (κ1) is 33.6. The highest BCUT2D eigenvalue weighted by molar-refractivity contribution is 9.10. The maximum absolute atomic E-state index is 14.2. The van der Waals surface area contributed by atoms with Crippen molar-refractivity contribution in [3.05, 3.63) is 28.7 Å². The summed E-state index contributed by atoms with van der Waals surface area (Å²) in [4.78, 5) is 54.9. The minimum atomic E-state index is -4.25. The predicted octanol–water partition coefficient (Wildman–Crippen LogP) is 3.52. The van der Waals surface area contributed by atoms with Crippen molar-refractivity contribution in [3.63, 3.8) is 0 Å². The Morgan fingerprint density at radius 1 is 1.04 bits per heavy atom. The molecule has 1 aromatic carbocycles. The minimum absolute atomic E-state index is 0.0774. The first-order chi connectivity index (χ1) is 21.1. The molecule has 248 valence electrons. The zero-order valence-corrected chi connectivity index (χ0v) is 28.6. The first-order valence-corrected chi connectivity index (χ1v) is 17.6. The molecule has 45 heavy (non-hydrogen) atoms. The molecule has 4 aliphatic rings.